The number of morpholine rings is 1. The summed E-state index contributed by atoms with van der Waals surface area (Å²) >= 11 is 6.47. The first-order valence-electron chi connectivity index (χ1n) is 17.3. The van der Waals surface area contributed by atoms with E-state index in [0.717, 1.165) is 49.3 Å². The van der Waals surface area contributed by atoms with Gasteiger partial charge >= 0.3 is 0 Å². The van der Waals surface area contributed by atoms with Crippen LogP contribution in [0.3, 0.4) is 0 Å². The number of nitrogens with one attached hydrogen (secondary N) is 1. The normalized spacial score (nSPS) is 23.7. The van der Waals surface area contributed by atoms with E-state index >= 15 is 0 Å². The van der Waals surface area contributed by atoms with Crippen LogP contribution < -0.4 is 14.8 Å². The molecule has 0 spiro atoms. The van der Waals surface area contributed by atoms with Crippen LogP contribution in [0.25, 0.3) is 11.1 Å². The minimum atomic E-state index is -0.205. The van der Waals surface area contributed by atoms with E-state index in [2.05, 4.69) is 40.4 Å². The number of tetrazole rings is 1. The maximum Gasteiger partial charge on any atom is 0.257 e. The van der Waals surface area contributed by atoms with E-state index in [1.54, 1.807) is 30.5 Å². The second kappa shape index (κ2) is 15.4. The Morgan fingerprint density at radius 3 is 2.39 bits per heavy atom. The summed E-state index contributed by atoms with van der Waals surface area (Å²) < 4.78 is 27.3. The molecule has 4 atom stereocenters. The molecule has 7 rings (SSSR count). The summed E-state index contributed by atoms with van der Waals surface area (Å²) in [4.78, 5) is 12.1. The van der Waals surface area contributed by atoms with Crippen LogP contribution in [-0.4, -0.2) is 102 Å². The third-order valence-electron chi connectivity index (χ3n) is 9.82. The van der Waals surface area contributed by atoms with Crippen LogP contribution in [0.4, 0.5) is 11.6 Å². The molecule has 1 N–H and O–H groups in total. The van der Waals surface area contributed by atoms with Crippen molar-refractivity contribution in [2.75, 3.05) is 32.2 Å². The van der Waals surface area contributed by atoms with Gasteiger partial charge in [0.05, 0.1) is 43.1 Å². The molecule has 2 aliphatic heterocycles. The van der Waals surface area contributed by atoms with Crippen LogP contribution >= 0.6 is 11.6 Å². The van der Waals surface area contributed by atoms with Crippen LogP contribution in [0, 0.1) is 0 Å². The third-order valence-corrected chi connectivity index (χ3v) is 10.1. The molecule has 0 amide bonds. The first-order valence-corrected chi connectivity index (χ1v) is 17.7. The second-order valence-corrected chi connectivity index (χ2v) is 13.8. The van der Waals surface area contributed by atoms with Gasteiger partial charge in [-0.2, -0.15) is 0 Å². The maximum absolute atomic E-state index is 6.47. The molecular formula is C34H45ClN10O4. The number of aromatic nitrogens is 8. The predicted octanol–water partition coefficient (Wildman–Crippen LogP) is 5.34. The molecule has 49 heavy (non-hydrogen) atoms. The van der Waals surface area contributed by atoms with Crippen molar-refractivity contribution in [3.05, 3.63) is 48.1 Å². The molecule has 2 unspecified atom stereocenters. The highest BCUT2D eigenvalue weighted by atomic mass is 35.5. The number of fused-ring (bicyclic) bond motifs is 2. The predicted molar refractivity (Wildman–Crippen MR) is 183 cm³/mol. The van der Waals surface area contributed by atoms with E-state index in [4.69, 9.17) is 35.6 Å². The van der Waals surface area contributed by atoms with E-state index in [-0.39, 0.29) is 12.2 Å². The second-order valence-electron chi connectivity index (χ2n) is 13.4. The number of ether oxygens (including phenoxy) is 4. The average Bonchev–Trinajstić information content (AvgIpc) is 3.83. The topological polar surface area (TPSA) is 139 Å². The summed E-state index contributed by atoms with van der Waals surface area (Å²) in [6, 6.07) is 7.74. The van der Waals surface area contributed by atoms with Gasteiger partial charge in [0.25, 0.3) is 5.88 Å². The lowest BCUT2D eigenvalue weighted by Gasteiger charge is -2.43. The van der Waals surface area contributed by atoms with Gasteiger partial charge in [0.1, 0.15) is 23.9 Å². The molecule has 3 fully saturated rings. The van der Waals surface area contributed by atoms with Gasteiger partial charge in [-0.1, -0.05) is 17.7 Å². The largest absolute Gasteiger partial charge is 0.487 e. The van der Waals surface area contributed by atoms with Gasteiger partial charge in [-0.25, -0.2) is 14.6 Å². The Morgan fingerprint density at radius 2 is 1.67 bits per heavy atom. The van der Waals surface area contributed by atoms with Gasteiger partial charge in [0, 0.05) is 56.2 Å². The van der Waals surface area contributed by atoms with Crippen molar-refractivity contribution in [1.82, 2.24) is 44.9 Å². The highest BCUT2D eigenvalue weighted by Crippen LogP contribution is 2.40. The summed E-state index contributed by atoms with van der Waals surface area (Å²) in [5.74, 6) is 1.55. The number of nitrogens with zero attached hydrogens (tertiary/aromatic N) is 9. The highest BCUT2D eigenvalue weighted by molar-refractivity contribution is 6.32. The molecule has 1 aromatic carbocycles. The fourth-order valence-electron chi connectivity index (χ4n) is 7.36. The monoisotopic (exact) mass is 692 g/mol. The molecule has 1 saturated carbocycles. The van der Waals surface area contributed by atoms with Crippen LogP contribution in [0.15, 0.2) is 43.1 Å². The van der Waals surface area contributed by atoms with Crippen LogP contribution in [-0.2, 0) is 16.0 Å². The molecule has 0 radical (unpaired) electrons. The van der Waals surface area contributed by atoms with Crippen LogP contribution in [0.1, 0.15) is 64.8 Å². The lowest BCUT2D eigenvalue weighted by Crippen LogP contribution is -2.52. The number of methoxy groups -OCH3 is 1. The van der Waals surface area contributed by atoms with Crippen molar-refractivity contribution >= 4 is 23.2 Å². The fourth-order valence-corrected chi connectivity index (χ4v) is 7.52. The summed E-state index contributed by atoms with van der Waals surface area (Å²) in [6.45, 7) is 6.83. The minimum Gasteiger partial charge on any atom is -0.487 e. The number of hydrogen-bond donors (Lipinski definition) is 1. The number of halogens is 1. The van der Waals surface area contributed by atoms with Gasteiger partial charge < -0.3 is 24.3 Å². The van der Waals surface area contributed by atoms with Gasteiger partial charge in [0.2, 0.25) is 5.95 Å². The zero-order valence-corrected chi connectivity index (χ0v) is 29.1. The Balaban J connectivity index is 1.03. The number of benzene rings is 1. The molecular weight excluding hydrogens is 648 g/mol. The lowest BCUT2D eigenvalue weighted by molar-refractivity contribution is -0.0458. The van der Waals surface area contributed by atoms with Crippen LogP contribution in [0.5, 0.6) is 11.6 Å². The molecule has 1 aliphatic carbocycles. The van der Waals surface area contributed by atoms with Crippen molar-refractivity contribution < 1.29 is 18.9 Å². The van der Waals surface area contributed by atoms with Crippen molar-refractivity contribution in [2.24, 2.45) is 0 Å². The fraction of sp³-hybridized carbons (Fsp3) is 0.588. The summed E-state index contributed by atoms with van der Waals surface area (Å²) in [5.41, 5.74) is 2.44. The standard InChI is InChI=1S/C34H45ClN10O4/c1-22(12-13-46-3)49-33-31(18-44(40-33)26-5-7-27(8-6-26)45-28-9-10-29(45)20-47-19-28)39-34-36-15-25(16-37-34)24-4-11-30(35)32(14-24)48-23(2)17-43-21-38-41-42-43/h4,11,14-16,18,21-23,26-29H,5-10,12-13,17,19-20H2,1-3H3,(H,36,37,39)/t22?,23?,26?,27?,28-,29+. The molecule has 2 bridgehead atoms. The first kappa shape index (κ1) is 33.6. The molecule has 14 nitrogen and oxygen atoms in total. The van der Waals surface area contributed by atoms with E-state index in [9.17, 15) is 0 Å². The van der Waals surface area contributed by atoms with Crippen LogP contribution in [0.2, 0.25) is 5.02 Å². The molecule has 3 aromatic heterocycles. The van der Waals surface area contributed by atoms with Gasteiger partial charge in [-0.15, -0.1) is 10.2 Å². The Labute approximate surface area is 291 Å². The van der Waals surface area contributed by atoms with Crippen molar-refractivity contribution in [3.8, 4) is 22.8 Å². The van der Waals surface area contributed by atoms with E-state index in [1.165, 1.54) is 25.7 Å². The molecule has 2 saturated heterocycles. The molecule has 5 heterocycles. The van der Waals surface area contributed by atoms with Gasteiger partial charge in [-0.3, -0.25) is 9.58 Å². The Hall–Kier alpha value is -3.85. The number of anilines is 2. The summed E-state index contributed by atoms with van der Waals surface area (Å²) in [6.07, 6.45) is 14.6. The Kier molecular flexibility index (Phi) is 10.5. The lowest BCUT2D eigenvalue weighted by atomic mass is 9.89. The molecule has 3 aliphatic rings. The summed E-state index contributed by atoms with van der Waals surface area (Å²) in [7, 11) is 1.70. The van der Waals surface area contributed by atoms with E-state index in [0.29, 0.717) is 59.9 Å². The van der Waals surface area contributed by atoms with Crippen molar-refractivity contribution in [2.45, 2.75) is 102 Å². The molecule has 262 valence electrons. The Morgan fingerprint density at radius 1 is 0.939 bits per heavy atom. The van der Waals surface area contributed by atoms with Crippen molar-refractivity contribution in [1.29, 1.82) is 0 Å². The minimum absolute atomic E-state index is 0.0726. The molecule has 15 heteroatoms. The smallest absolute Gasteiger partial charge is 0.257 e. The number of rotatable bonds is 14. The SMILES string of the molecule is COCCC(C)Oc1nn(C2CCC(N3[C@@H]4CC[C@H]3COC4)CC2)cc1Nc1ncc(-c2ccc(Cl)c(OC(C)Cn3cnnn3)c2)cn1. The zero-order valence-electron chi connectivity index (χ0n) is 28.3. The molecule has 4 aromatic rings. The maximum atomic E-state index is 6.47. The van der Waals surface area contributed by atoms with Gasteiger partial charge in [-0.05, 0) is 80.5 Å². The van der Waals surface area contributed by atoms with Gasteiger partial charge in [0.15, 0.2) is 0 Å². The van der Waals surface area contributed by atoms with E-state index in [1.807, 2.05) is 38.2 Å². The third kappa shape index (κ3) is 7.98. The number of hydrogen-bond acceptors (Lipinski definition) is 12. The Bertz CT molecular complexity index is 1630. The average molecular weight is 693 g/mol. The highest BCUT2D eigenvalue weighted by Gasteiger charge is 2.42. The van der Waals surface area contributed by atoms with E-state index < -0.39 is 0 Å². The first-order chi connectivity index (χ1) is 23.9. The quantitative estimate of drug-likeness (QED) is 0.182. The van der Waals surface area contributed by atoms with Crippen molar-refractivity contribution in [3.63, 3.8) is 0 Å². The zero-order chi connectivity index (χ0) is 33.7. The summed E-state index contributed by atoms with van der Waals surface area (Å²) in [5, 5.41) is 20.1.